The predicted octanol–water partition coefficient (Wildman–Crippen LogP) is 3.64. The van der Waals surface area contributed by atoms with E-state index in [4.69, 9.17) is 0 Å². The van der Waals surface area contributed by atoms with Crippen LogP contribution < -0.4 is 10.6 Å². The minimum Gasteiger partial charge on any atom is -0.356 e. The van der Waals surface area contributed by atoms with Gasteiger partial charge in [0.15, 0.2) is 0 Å². The SMILES string of the molecule is Cl.Cl.O=C(CCC[C@H]1NCC2CC1CN(Cc1ccccc1)C2)NCC1CC1. The number of amides is 1. The van der Waals surface area contributed by atoms with Gasteiger partial charge in [-0.25, -0.2) is 0 Å². The summed E-state index contributed by atoms with van der Waals surface area (Å²) in [5.74, 6) is 2.55. The molecule has 0 spiro atoms. The standard InChI is InChI=1S/C22H33N3O.2ClH/c26-22(24-12-17-9-10-17)8-4-7-21-20-11-19(13-23-21)15-25(16-20)14-18-5-2-1-3-6-18;;/h1-3,5-6,17,19-21,23H,4,7-16H2,(H,24,26);2*1H/t19?,20?,21-;;/m1../s1. The fraction of sp³-hybridized carbons (Fsp3) is 0.682. The molecule has 158 valence electrons. The maximum Gasteiger partial charge on any atom is 0.220 e. The van der Waals surface area contributed by atoms with Crippen LogP contribution in [-0.4, -0.2) is 43.0 Å². The topological polar surface area (TPSA) is 44.4 Å². The number of rotatable bonds is 8. The highest BCUT2D eigenvalue weighted by molar-refractivity contribution is 5.85. The van der Waals surface area contributed by atoms with Crippen molar-refractivity contribution in [1.29, 1.82) is 0 Å². The molecule has 4 rings (SSSR count). The lowest BCUT2D eigenvalue weighted by Crippen LogP contribution is -2.55. The van der Waals surface area contributed by atoms with Crippen LogP contribution in [0.25, 0.3) is 0 Å². The van der Waals surface area contributed by atoms with Crippen LogP contribution in [0.15, 0.2) is 30.3 Å². The van der Waals surface area contributed by atoms with Gasteiger partial charge in [-0.3, -0.25) is 9.69 Å². The molecule has 0 radical (unpaired) electrons. The van der Waals surface area contributed by atoms with E-state index in [1.54, 1.807) is 0 Å². The Morgan fingerprint density at radius 3 is 2.68 bits per heavy atom. The fourth-order valence-corrected chi connectivity index (χ4v) is 4.73. The number of fused-ring (bicyclic) bond motifs is 2. The Kier molecular flexibility index (Phi) is 9.55. The fourth-order valence-electron chi connectivity index (χ4n) is 4.73. The highest BCUT2D eigenvalue weighted by Gasteiger charge is 2.36. The van der Waals surface area contributed by atoms with Gasteiger partial charge < -0.3 is 10.6 Å². The van der Waals surface area contributed by atoms with Gasteiger partial charge in [-0.2, -0.15) is 0 Å². The molecule has 1 aromatic carbocycles. The number of nitrogens with one attached hydrogen (secondary N) is 2. The van der Waals surface area contributed by atoms with Crippen molar-refractivity contribution in [3.05, 3.63) is 35.9 Å². The first-order chi connectivity index (χ1) is 12.8. The molecule has 2 aliphatic heterocycles. The summed E-state index contributed by atoms with van der Waals surface area (Å²) in [6, 6.07) is 11.4. The van der Waals surface area contributed by atoms with Crippen molar-refractivity contribution < 1.29 is 4.79 Å². The van der Waals surface area contributed by atoms with Gasteiger partial charge in [-0.1, -0.05) is 30.3 Å². The summed E-state index contributed by atoms with van der Waals surface area (Å²) in [7, 11) is 0. The second-order valence-corrected chi connectivity index (χ2v) is 8.70. The Bertz CT molecular complexity index is 597. The molecule has 2 saturated heterocycles. The summed E-state index contributed by atoms with van der Waals surface area (Å²) in [4.78, 5) is 14.6. The summed E-state index contributed by atoms with van der Waals surface area (Å²) in [5, 5.41) is 6.87. The number of benzene rings is 1. The number of hydrogen-bond donors (Lipinski definition) is 2. The molecule has 1 aromatic rings. The zero-order valence-electron chi connectivity index (χ0n) is 16.6. The Morgan fingerprint density at radius 1 is 1.14 bits per heavy atom. The number of likely N-dealkylation sites (tertiary alicyclic amines) is 1. The van der Waals surface area contributed by atoms with Crippen LogP contribution in [-0.2, 0) is 11.3 Å². The van der Waals surface area contributed by atoms with E-state index in [2.05, 4.69) is 45.9 Å². The molecule has 2 N–H and O–H groups in total. The lowest BCUT2D eigenvalue weighted by molar-refractivity contribution is -0.121. The van der Waals surface area contributed by atoms with Crippen molar-refractivity contribution in [3.8, 4) is 0 Å². The average Bonchev–Trinajstić information content (AvgIpc) is 3.47. The third kappa shape index (κ3) is 6.91. The summed E-state index contributed by atoms with van der Waals surface area (Å²) in [5.41, 5.74) is 1.42. The molecule has 1 aliphatic carbocycles. The predicted molar refractivity (Wildman–Crippen MR) is 119 cm³/mol. The molecule has 2 unspecified atom stereocenters. The van der Waals surface area contributed by atoms with Gasteiger partial charge in [0.2, 0.25) is 5.91 Å². The smallest absolute Gasteiger partial charge is 0.220 e. The Hall–Kier alpha value is -0.810. The first-order valence-corrected chi connectivity index (χ1v) is 10.5. The second kappa shape index (κ2) is 11.4. The number of carbonyl (C=O) groups excluding carboxylic acids is 1. The molecule has 0 aromatic heterocycles. The third-order valence-electron chi connectivity index (χ3n) is 6.34. The molecule has 4 nitrogen and oxygen atoms in total. The van der Waals surface area contributed by atoms with Crippen molar-refractivity contribution in [2.24, 2.45) is 17.8 Å². The summed E-state index contributed by atoms with van der Waals surface area (Å²) in [6.45, 7) is 5.52. The maximum atomic E-state index is 11.9. The van der Waals surface area contributed by atoms with Gasteiger partial charge in [0.25, 0.3) is 0 Å². The molecular formula is C22H35Cl2N3O. The maximum absolute atomic E-state index is 11.9. The van der Waals surface area contributed by atoms with E-state index in [1.807, 2.05) is 0 Å². The number of hydrogen-bond acceptors (Lipinski definition) is 3. The van der Waals surface area contributed by atoms with Crippen molar-refractivity contribution in [3.63, 3.8) is 0 Å². The molecular weight excluding hydrogens is 393 g/mol. The lowest BCUT2D eigenvalue weighted by atomic mass is 9.79. The zero-order valence-corrected chi connectivity index (χ0v) is 18.3. The zero-order chi connectivity index (χ0) is 17.8. The van der Waals surface area contributed by atoms with E-state index in [1.165, 1.54) is 37.9 Å². The van der Waals surface area contributed by atoms with E-state index in [9.17, 15) is 4.79 Å². The van der Waals surface area contributed by atoms with Crippen molar-refractivity contribution in [2.45, 2.75) is 51.1 Å². The monoisotopic (exact) mass is 427 g/mol. The van der Waals surface area contributed by atoms with Crippen LogP contribution in [0.4, 0.5) is 0 Å². The first-order valence-electron chi connectivity index (χ1n) is 10.5. The number of nitrogens with zero attached hydrogens (tertiary/aromatic N) is 1. The molecule has 3 aliphatic rings. The normalized spacial score (nSPS) is 26.6. The average molecular weight is 428 g/mol. The first kappa shape index (κ1) is 23.5. The quantitative estimate of drug-likeness (QED) is 0.665. The minimum atomic E-state index is 0. The van der Waals surface area contributed by atoms with Crippen molar-refractivity contribution >= 4 is 30.7 Å². The number of halogens is 2. The van der Waals surface area contributed by atoms with Gasteiger partial charge in [-0.05, 0) is 62.0 Å². The summed E-state index contributed by atoms with van der Waals surface area (Å²) < 4.78 is 0. The summed E-state index contributed by atoms with van der Waals surface area (Å²) >= 11 is 0. The van der Waals surface area contributed by atoms with Crippen LogP contribution in [0.2, 0.25) is 0 Å². The van der Waals surface area contributed by atoms with Gasteiger partial charge >= 0.3 is 0 Å². The van der Waals surface area contributed by atoms with Crippen LogP contribution in [0, 0.1) is 17.8 Å². The Balaban J connectivity index is 0.00000140. The van der Waals surface area contributed by atoms with Crippen LogP contribution in [0.3, 0.4) is 0 Å². The van der Waals surface area contributed by atoms with E-state index < -0.39 is 0 Å². The highest BCUT2D eigenvalue weighted by Crippen LogP contribution is 2.31. The van der Waals surface area contributed by atoms with Crippen LogP contribution in [0.5, 0.6) is 0 Å². The molecule has 1 saturated carbocycles. The van der Waals surface area contributed by atoms with Crippen molar-refractivity contribution in [2.75, 3.05) is 26.2 Å². The lowest BCUT2D eigenvalue weighted by Gasteiger charge is -2.46. The number of piperidine rings is 2. The Labute approximate surface area is 182 Å². The number of carbonyl (C=O) groups is 1. The minimum absolute atomic E-state index is 0. The molecule has 2 bridgehead atoms. The van der Waals surface area contributed by atoms with Gasteiger partial charge in [-0.15, -0.1) is 24.8 Å². The van der Waals surface area contributed by atoms with E-state index in [0.717, 1.165) is 50.2 Å². The van der Waals surface area contributed by atoms with Crippen molar-refractivity contribution in [1.82, 2.24) is 15.5 Å². The van der Waals surface area contributed by atoms with E-state index in [0.29, 0.717) is 12.5 Å². The van der Waals surface area contributed by atoms with Crippen LogP contribution >= 0.6 is 24.8 Å². The molecule has 1 amide bonds. The van der Waals surface area contributed by atoms with E-state index in [-0.39, 0.29) is 30.7 Å². The highest BCUT2D eigenvalue weighted by atomic mass is 35.5. The molecule has 3 atom stereocenters. The second-order valence-electron chi connectivity index (χ2n) is 8.70. The largest absolute Gasteiger partial charge is 0.356 e. The molecule has 2 heterocycles. The van der Waals surface area contributed by atoms with Gasteiger partial charge in [0.05, 0.1) is 0 Å². The van der Waals surface area contributed by atoms with Crippen LogP contribution in [0.1, 0.15) is 44.1 Å². The van der Waals surface area contributed by atoms with E-state index >= 15 is 0 Å². The molecule has 3 fully saturated rings. The molecule has 6 heteroatoms. The van der Waals surface area contributed by atoms with Gasteiger partial charge in [0, 0.05) is 38.6 Å². The molecule has 28 heavy (non-hydrogen) atoms. The Morgan fingerprint density at radius 2 is 1.93 bits per heavy atom. The summed E-state index contributed by atoms with van der Waals surface area (Å²) in [6.07, 6.45) is 6.79. The van der Waals surface area contributed by atoms with Gasteiger partial charge in [0.1, 0.15) is 0 Å². The third-order valence-corrected chi connectivity index (χ3v) is 6.34.